The van der Waals surface area contributed by atoms with Gasteiger partial charge in [0.15, 0.2) is 5.78 Å². The van der Waals surface area contributed by atoms with Gasteiger partial charge in [0.25, 0.3) is 0 Å². The number of hydrogen-bond acceptors (Lipinski definition) is 3. The zero-order chi connectivity index (χ0) is 14.6. The van der Waals surface area contributed by atoms with Gasteiger partial charge in [0.1, 0.15) is 12.0 Å². The second kappa shape index (κ2) is 6.04. The molecule has 0 heterocycles. The van der Waals surface area contributed by atoms with Gasteiger partial charge >= 0.3 is 5.97 Å². The van der Waals surface area contributed by atoms with Crippen molar-refractivity contribution < 1.29 is 14.3 Å². The number of carbonyl (C=O) groups excluding carboxylic acids is 2. The lowest BCUT2D eigenvalue weighted by molar-refractivity contribution is -0.158. The van der Waals surface area contributed by atoms with Crippen LogP contribution in [-0.4, -0.2) is 18.4 Å². The van der Waals surface area contributed by atoms with E-state index in [-0.39, 0.29) is 12.4 Å². The quantitative estimate of drug-likeness (QED) is 0.470. The maximum atomic E-state index is 12.3. The molecule has 1 aromatic rings. The Kier molecular flexibility index (Phi) is 4.38. The van der Waals surface area contributed by atoms with Crippen molar-refractivity contribution >= 4 is 11.8 Å². The van der Waals surface area contributed by atoms with Gasteiger partial charge in [-0.1, -0.05) is 42.5 Å². The molecule has 0 N–H and O–H groups in total. The van der Waals surface area contributed by atoms with Crippen LogP contribution in [0.25, 0.3) is 0 Å². The molecule has 0 spiro atoms. The van der Waals surface area contributed by atoms with Crippen molar-refractivity contribution in [2.45, 2.75) is 32.6 Å². The first-order valence-corrected chi connectivity index (χ1v) is 6.95. The highest BCUT2D eigenvalue weighted by Gasteiger charge is 2.49. The highest BCUT2D eigenvalue weighted by atomic mass is 16.5. The summed E-state index contributed by atoms with van der Waals surface area (Å²) in [6.45, 7) is 5.70. The summed E-state index contributed by atoms with van der Waals surface area (Å²) < 4.78 is 5.17. The van der Waals surface area contributed by atoms with Crippen LogP contribution in [-0.2, 0) is 20.7 Å². The predicted molar refractivity (Wildman–Crippen MR) is 77.3 cm³/mol. The van der Waals surface area contributed by atoms with Crippen molar-refractivity contribution in [1.29, 1.82) is 0 Å². The topological polar surface area (TPSA) is 43.4 Å². The molecule has 0 aliphatic heterocycles. The third-order valence-corrected chi connectivity index (χ3v) is 3.89. The molecule has 1 saturated carbocycles. The Bertz CT molecular complexity index is 516. The smallest absolute Gasteiger partial charge is 0.320 e. The maximum Gasteiger partial charge on any atom is 0.320 e. The second-order valence-electron chi connectivity index (χ2n) is 5.41. The van der Waals surface area contributed by atoms with Crippen molar-refractivity contribution in [2.75, 3.05) is 6.61 Å². The monoisotopic (exact) mass is 272 g/mol. The molecule has 1 aromatic carbocycles. The largest absolute Gasteiger partial charge is 0.461 e. The van der Waals surface area contributed by atoms with Crippen LogP contribution in [0.3, 0.4) is 0 Å². The molecule has 0 saturated heterocycles. The Morgan fingerprint density at radius 2 is 2.10 bits per heavy atom. The van der Waals surface area contributed by atoms with Gasteiger partial charge < -0.3 is 4.74 Å². The average molecular weight is 272 g/mol. The summed E-state index contributed by atoms with van der Waals surface area (Å²) in [5.74, 6) is -0.396. The molecule has 1 unspecified atom stereocenters. The van der Waals surface area contributed by atoms with Crippen LogP contribution in [0.2, 0.25) is 0 Å². The molecule has 1 aliphatic carbocycles. The Balaban J connectivity index is 2.23. The van der Waals surface area contributed by atoms with Crippen molar-refractivity contribution in [1.82, 2.24) is 0 Å². The van der Waals surface area contributed by atoms with Crippen LogP contribution < -0.4 is 0 Å². The van der Waals surface area contributed by atoms with Crippen molar-refractivity contribution in [3.05, 3.63) is 48.0 Å². The van der Waals surface area contributed by atoms with Gasteiger partial charge in [-0.15, -0.1) is 0 Å². The predicted octanol–water partition coefficient (Wildman–Crippen LogP) is 3.01. The Morgan fingerprint density at radius 3 is 2.65 bits per heavy atom. The van der Waals surface area contributed by atoms with Gasteiger partial charge in [0, 0.05) is 6.42 Å². The first kappa shape index (κ1) is 14.5. The third kappa shape index (κ3) is 2.82. The van der Waals surface area contributed by atoms with Gasteiger partial charge in [0.2, 0.25) is 0 Å². The lowest BCUT2D eigenvalue weighted by Gasteiger charge is -2.25. The van der Waals surface area contributed by atoms with E-state index in [2.05, 4.69) is 6.58 Å². The molecule has 0 radical (unpaired) electrons. The van der Waals surface area contributed by atoms with Crippen LogP contribution in [0.4, 0.5) is 0 Å². The number of aryl methyl sites for hydroxylation is 1. The fourth-order valence-electron chi connectivity index (χ4n) is 2.73. The van der Waals surface area contributed by atoms with E-state index in [1.165, 1.54) is 6.08 Å². The molecule has 1 fully saturated rings. The van der Waals surface area contributed by atoms with Gasteiger partial charge in [-0.05, 0) is 31.7 Å². The zero-order valence-corrected chi connectivity index (χ0v) is 11.9. The molecule has 1 atom stereocenters. The Morgan fingerprint density at radius 1 is 1.40 bits per heavy atom. The minimum Gasteiger partial charge on any atom is -0.461 e. The van der Waals surface area contributed by atoms with Gasteiger partial charge in [-0.25, -0.2) is 0 Å². The minimum atomic E-state index is -0.988. The third-order valence-electron chi connectivity index (χ3n) is 3.89. The normalized spacial score (nSPS) is 21.8. The number of benzene rings is 1. The fourth-order valence-corrected chi connectivity index (χ4v) is 2.73. The van der Waals surface area contributed by atoms with E-state index < -0.39 is 11.4 Å². The lowest BCUT2D eigenvalue weighted by atomic mass is 9.79. The van der Waals surface area contributed by atoms with E-state index in [0.717, 1.165) is 17.5 Å². The van der Waals surface area contributed by atoms with Crippen molar-refractivity contribution in [3.63, 3.8) is 0 Å². The summed E-state index contributed by atoms with van der Waals surface area (Å²) in [6.07, 6.45) is 3.76. The number of Topliss-reactive ketones (excluding diaryl/α,β-unsaturated/α-hetero) is 1. The molecule has 0 amide bonds. The first-order valence-electron chi connectivity index (χ1n) is 6.95. The zero-order valence-electron chi connectivity index (χ0n) is 11.9. The molecular formula is C17H20O3. The highest BCUT2D eigenvalue weighted by molar-refractivity contribution is 6.05. The molecule has 3 heteroatoms. The Labute approximate surface area is 119 Å². The molecule has 2 rings (SSSR count). The van der Waals surface area contributed by atoms with Gasteiger partial charge in [0.05, 0.1) is 0 Å². The summed E-state index contributed by atoms with van der Waals surface area (Å²) in [5, 5.41) is 0. The maximum absolute atomic E-state index is 12.3. The van der Waals surface area contributed by atoms with Gasteiger partial charge in [-0.2, -0.15) is 0 Å². The average Bonchev–Trinajstić information content (AvgIpc) is 2.81. The van der Waals surface area contributed by atoms with E-state index in [0.29, 0.717) is 19.3 Å². The summed E-state index contributed by atoms with van der Waals surface area (Å²) in [4.78, 5) is 24.6. The van der Waals surface area contributed by atoms with Crippen LogP contribution >= 0.6 is 0 Å². The molecule has 106 valence electrons. The summed E-state index contributed by atoms with van der Waals surface area (Å²) in [7, 11) is 0. The number of carbonyl (C=O) groups is 2. The van der Waals surface area contributed by atoms with E-state index in [9.17, 15) is 9.59 Å². The van der Waals surface area contributed by atoms with E-state index in [1.807, 2.05) is 31.2 Å². The van der Waals surface area contributed by atoms with Crippen molar-refractivity contribution in [3.8, 4) is 0 Å². The van der Waals surface area contributed by atoms with Crippen LogP contribution in [0, 0.1) is 12.3 Å². The molecule has 3 nitrogen and oxygen atoms in total. The van der Waals surface area contributed by atoms with Crippen molar-refractivity contribution in [2.24, 2.45) is 5.41 Å². The fraction of sp³-hybridized carbons (Fsp3) is 0.412. The minimum absolute atomic E-state index is 0.00661. The number of ketones is 1. The summed E-state index contributed by atoms with van der Waals surface area (Å²) in [6, 6.07) is 7.95. The SMILES string of the molecule is C=CCOC(=O)C1(Cc2ccc(C)cc2)CCCC1=O. The molecule has 0 bridgehead atoms. The van der Waals surface area contributed by atoms with E-state index in [4.69, 9.17) is 4.74 Å². The molecule has 0 aromatic heterocycles. The number of ether oxygens (including phenoxy) is 1. The molecule has 20 heavy (non-hydrogen) atoms. The number of rotatable bonds is 5. The van der Waals surface area contributed by atoms with Crippen LogP contribution in [0.15, 0.2) is 36.9 Å². The molecule has 1 aliphatic rings. The van der Waals surface area contributed by atoms with Crippen LogP contribution in [0.5, 0.6) is 0 Å². The number of hydrogen-bond donors (Lipinski definition) is 0. The summed E-state index contributed by atoms with van der Waals surface area (Å²) >= 11 is 0. The van der Waals surface area contributed by atoms with E-state index >= 15 is 0 Å². The summed E-state index contributed by atoms with van der Waals surface area (Å²) in [5.41, 5.74) is 1.18. The Hall–Kier alpha value is -1.90. The first-order chi connectivity index (χ1) is 9.58. The van der Waals surface area contributed by atoms with Gasteiger partial charge in [-0.3, -0.25) is 9.59 Å². The number of esters is 1. The second-order valence-corrected chi connectivity index (χ2v) is 5.41. The standard InChI is InChI=1S/C17H20O3/c1-3-11-20-16(19)17(10-4-5-15(17)18)12-14-8-6-13(2)7-9-14/h3,6-9H,1,4-5,10-12H2,2H3. The lowest BCUT2D eigenvalue weighted by Crippen LogP contribution is -2.39. The highest BCUT2D eigenvalue weighted by Crippen LogP contribution is 2.39. The van der Waals surface area contributed by atoms with E-state index in [1.54, 1.807) is 0 Å². The molecular weight excluding hydrogens is 252 g/mol. The van der Waals surface area contributed by atoms with Crippen LogP contribution in [0.1, 0.15) is 30.4 Å².